The summed E-state index contributed by atoms with van der Waals surface area (Å²) in [6.45, 7) is 8.76. The predicted molar refractivity (Wildman–Crippen MR) is 91.3 cm³/mol. The highest BCUT2D eigenvalue weighted by molar-refractivity contribution is 5.94. The van der Waals surface area contributed by atoms with Gasteiger partial charge in [-0.3, -0.25) is 4.79 Å². The summed E-state index contributed by atoms with van der Waals surface area (Å²) in [6, 6.07) is 7.73. The molecule has 0 aromatic heterocycles. The standard InChI is InChI=1S/C18H29N3O/c1-16-6-8-17(9-7-16)18(22)19-10-4-3-5-11-21-14-12-20(2)13-15-21/h6-9H,3-5,10-15H2,1-2H3,(H,19,22). The SMILES string of the molecule is Cc1ccc(C(=O)NCCCCCN2CCN(C)CC2)cc1. The van der Waals surface area contributed by atoms with Crippen LogP contribution in [0.1, 0.15) is 35.2 Å². The molecule has 122 valence electrons. The number of benzene rings is 1. The molecule has 1 aliphatic rings. The number of piperazine rings is 1. The van der Waals surface area contributed by atoms with Crippen LogP contribution < -0.4 is 5.32 Å². The third-order valence-electron chi connectivity index (χ3n) is 4.35. The fraction of sp³-hybridized carbons (Fsp3) is 0.611. The first kappa shape index (κ1) is 17.0. The van der Waals surface area contributed by atoms with E-state index in [4.69, 9.17) is 0 Å². The van der Waals surface area contributed by atoms with Crippen molar-refractivity contribution in [2.24, 2.45) is 0 Å². The molecule has 1 aliphatic heterocycles. The van der Waals surface area contributed by atoms with Crippen molar-refractivity contribution in [3.05, 3.63) is 35.4 Å². The van der Waals surface area contributed by atoms with Crippen molar-refractivity contribution >= 4 is 5.91 Å². The number of hydrogen-bond donors (Lipinski definition) is 1. The van der Waals surface area contributed by atoms with Gasteiger partial charge in [0.1, 0.15) is 0 Å². The summed E-state index contributed by atoms with van der Waals surface area (Å²) >= 11 is 0. The molecule has 0 saturated carbocycles. The summed E-state index contributed by atoms with van der Waals surface area (Å²) in [5, 5.41) is 3.00. The van der Waals surface area contributed by atoms with Gasteiger partial charge in [0.25, 0.3) is 5.91 Å². The van der Waals surface area contributed by atoms with Crippen LogP contribution in [0.4, 0.5) is 0 Å². The molecule has 0 spiro atoms. The summed E-state index contributed by atoms with van der Waals surface area (Å²) in [4.78, 5) is 16.9. The Morgan fingerprint density at radius 2 is 1.73 bits per heavy atom. The number of aryl methyl sites for hydroxylation is 1. The van der Waals surface area contributed by atoms with E-state index in [-0.39, 0.29) is 5.91 Å². The van der Waals surface area contributed by atoms with Gasteiger partial charge in [0.2, 0.25) is 0 Å². The number of amides is 1. The molecule has 1 aromatic rings. The Hall–Kier alpha value is -1.39. The molecule has 1 amide bonds. The fourth-order valence-electron chi connectivity index (χ4n) is 2.72. The number of rotatable bonds is 7. The lowest BCUT2D eigenvalue weighted by atomic mass is 10.1. The molecule has 0 atom stereocenters. The predicted octanol–water partition coefficient (Wildman–Crippen LogP) is 2.14. The molecule has 4 heteroatoms. The van der Waals surface area contributed by atoms with Crippen molar-refractivity contribution in [1.82, 2.24) is 15.1 Å². The highest BCUT2D eigenvalue weighted by Crippen LogP contribution is 2.04. The Morgan fingerprint density at radius 3 is 2.41 bits per heavy atom. The lowest BCUT2D eigenvalue weighted by Crippen LogP contribution is -2.44. The topological polar surface area (TPSA) is 35.6 Å². The molecule has 1 N–H and O–H groups in total. The number of nitrogens with zero attached hydrogens (tertiary/aromatic N) is 2. The minimum absolute atomic E-state index is 0.0408. The van der Waals surface area contributed by atoms with Crippen molar-refractivity contribution < 1.29 is 4.79 Å². The summed E-state index contributed by atoms with van der Waals surface area (Å²) in [5.74, 6) is 0.0408. The quantitative estimate of drug-likeness (QED) is 0.784. The number of carbonyl (C=O) groups is 1. The monoisotopic (exact) mass is 303 g/mol. The highest BCUT2D eigenvalue weighted by atomic mass is 16.1. The summed E-state index contributed by atoms with van der Waals surface area (Å²) < 4.78 is 0. The van der Waals surface area contributed by atoms with Crippen LogP contribution in [0.3, 0.4) is 0 Å². The Labute approximate surface area is 134 Å². The van der Waals surface area contributed by atoms with E-state index in [0.29, 0.717) is 0 Å². The molecular formula is C18H29N3O. The fourth-order valence-corrected chi connectivity index (χ4v) is 2.72. The van der Waals surface area contributed by atoms with Crippen molar-refractivity contribution in [3.8, 4) is 0 Å². The third-order valence-corrected chi connectivity index (χ3v) is 4.35. The van der Waals surface area contributed by atoms with Crippen LogP contribution in [0.25, 0.3) is 0 Å². The van der Waals surface area contributed by atoms with Gasteiger partial charge in [0.15, 0.2) is 0 Å². The zero-order valence-corrected chi connectivity index (χ0v) is 14.0. The number of carbonyl (C=O) groups excluding carboxylic acids is 1. The van der Waals surface area contributed by atoms with Gasteiger partial charge in [-0.05, 0) is 45.5 Å². The summed E-state index contributed by atoms with van der Waals surface area (Å²) in [7, 11) is 2.19. The minimum Gasteiger partial charge on any atom is -0.352 e. The van der Waals surface area contributed by atoms with Crippen molar-refractivity contribution in [3.63, 3.8) is 0 Å². The second kappa shape index (κ2) is 8.91. The van der Waals surface area contributed by atoms with E-state index in [1.54, 1.807) is 0 Å². The van der Waals surface area contributed by atoms with Crippen LogP contribution in [0.2, 0.25) is 0 Å². The van der Waals surface area contributed by atoms with Gasteiger partial charge in [0.05, 0.1) is 0 Å². The molecule has 0 radical (unpaired) electrons. The zero-order chi connectivity index (χ0) is 15.8. The lowest BCUT2D eigenvalue weighted by Gasteiger charge is -2.32. The second-order valence-corrected chi connectivity index (χ2v) is 6.33. The molecular weight excluding hydrogens is 274 g/mol. The number of nitrogens with one attached hydrogen (secondary N) is 1. The maximum absolute atomic E-state index is 11.9. The second-order valence-electron chi connectivity index (χ2n) is 6.33. The molecule has 1 fully saturated rings. The Balaban J connectivity index is 1.52. The van der Waals surface area contributed by atoms with Crippen LogP contribution in [0, 0.1) is 6.92 Å². The van der Waals surface area contributed by atoms with Crippen LogP contribution in [-0.2, 0) is 0 Å². The Kier molecular flexibility index (Phi) is 6.87. The van der Waals surface area contributed by atoms with E-state index < -0.39 is 0 Å². The van der Waals surface area contributed by atoms with Gasteiger partial charge in [-0.25, -0.2) is 0 Å². The van der Waals surface area contributed by atoms with E-state index in [0.717, 1.165) is 18.5 Å². The van der Waals surface area contributed by atoms with Gasteiger partial charge in [-0.2, -0.15) is 0 Å². The van der Waals surface area contributed by atoms with Gasteiger partial charge in [-0.15, -0.1) is 0 Å². The maximum Gasteiger partial charge on any atom is 0.251 e. The minimum atomic E-state index is 0.0408. The van der Waals surface area contributed by atoms with Crippen LogP contribution in [0.15, 0.2) is 24.3 Å². The zero-order valence-electron chi connectivity index (χ0n) is 14.0. The van der Waals surface area contributed by atoms with Crippen LogP contribution in [0.5, 0.6) is 0 Å². The van der Waals surface area contributed by atoms with Crippen LogP contribution in [-0.4, -0.2) is 62.0 Å². The molecule has 1 aromatic carbocycles. The number of likely N-dealkylation sites (N-methyl/N-ethyl adjacent to an activating group) is 1. The summed E-state index contributed by atoms with van der Waals surface area (Å²) in [5.41, 5.74) is 1.93. The maximum atomic E-state index is 11.9. The normalized spacial score (nSPS) is 16.6. The van der Waals surface area contributed by atoms with Gasteiger partial charge in [-0.1, -0.05) is 24.1 Å². The molecule has 4 nitrogen and oxygen atoms in total. The van der Waals surface area contributed by atoms with Gasteiger partial charge in [0, 0.05) is 38.3 Å². The van der Waals surface area contributed by atoms with E-state index in [9.17, 15) is 4.79 Å². The first-order valence-electron chi connectivity index (χ1n) is 8.41. The number of hydrogen-bond acceptors (Lipinski definition) is 3. The summed E-state index contributed by atoms with van der Waals surface area (Å²) in [6.07, 6.45) is 3.47. The largest absolute Gasteiger partial charge is 0.352 e. The molecule has 2 rings (SSSR count). The first-order valence-corrected chi connectivity index (χ1v) is 8.41. The molecule has 0 aliphatic carbocycles. The Morgan fingerprint density at radius 1 is 1.05 bits per heavy atom. The molecule has 0 bridgehead atoms. The van der Waals surface area contributed by atoms with E-state index in [1.165, 1.54) is 51.1 Å². The van der Waals surface area contributed by atoms with Crippen molar-refractivity contribution in [1.29, 1.82) is 0 Å². The average Bonchev–Trinajstić information content (AvgIpc) is 2.53. The molecule has 1 heterocycles. The molecule has 0 unspecified atom stereocenters. The average molecular weight is 303 g/mol. The third kappa shape index (κ3) is 5.78. The van der Waals surface area contributed by atoms with Gasteiger partial charge < -0.3 is 15.1 Å². The Bertz CT molecular complexity index is 450. The van der Waals surface area contributed by atoms with E-state index >= 15 is 0 Å². The van der Waals surface area contributed by atoms with E-state index in [2.05, 4.69) is 22.2 Å². The number of unbranched alkanes of at least 4 members (excludes halogenated alkanes) is 2. The van der Waals surface area contributed by atoms with E-state index in [1.807, 2.05) is 31.2 Å². The first-order chi connectivity index (χ1) is 10.6. The van der Waals surface area contributed by atoms with Crippen molar-refractivity contribution in [2.45, 2.75) is 26.2 Å². The van der Waals surface area contributed by atoms with Crippen LogP contribution >= 0.6 is 0 Å². The van der Waals surface area contributed by atoms with Crippen molar-refractivity contribution in [2.75, 3.05) is 46.3 Å². The smallest absolute Gasteiger partial charge is 0.251 e. The molecule has 1 saturated heterocycles. The molecule has 22 heavy (non-hydrogen) atoms. The van der Waals surface area contributed by atoms with Gasteiger partial charge >= 0.3 is 0 Å². The highest BCUT2D eigenvalue weighted by Gasteiger charge is 2.12. The lowest BCUT2D eigenvalue weighted by molar-refractivity contribution is 0.0952.